The Morgan fingerprint density at radius 1 is 1.59 bits per heavy atom. The van der Waals surface area contributed by atoms with Crippen molar-refractivity contribution < 1.29 is 9.21 Å². The third-order valence-electron chi connectivity index (χ3n) is 2.66. The predicted octanol–water partition coefficient (Wildman–Crippen LogP) is 2.60. The molecule has 0 bridgehead atoms. The van der Waals surface area contributed by atoms with Gasteiger partial charge in [-0.2, -0.15) is 0 Å². The highest BCUT2D eigenvalue weighted by molar-refractivity contribution is 7.13. The van der Waals surface area contributed by atoms with Crippen LogP contribution in [0.25, 0.3) is 10.8 Å². The summed E-state index contributed by atoms with van der Waals surface area (Å²) in [5, 5.41) is 4.87. The standard InChI is InChI=1S/C12H12N2O2S/c1-7-10(11(15)13-8-4-5-8)14-12(16-7)9-3-2-6-17-9/h2-3,6,8H,4-5H2,1H3,(H,13,15). The van der Waals surface area contributed by atoms with Gasteiger partial charge >= 0.3 is 0 Å². The Bertz CT molecular complexity index is 541. The number of rotatable bonds is 3. The number of carbonyl (C=O) groups excluding carboxylic acids is 1. The number of aryl methyl sites for hydroxylation is 1. The summed E-state index contributed by atoms with van der Waals surface area (Å²) in [5.74, 6) is 0.974. The molecule has 2 aromatic rings. The van der Waals surface area contributed by atoms with E-state index in [-0.39, 0.29) is 5.91 Å². The van der Waals surface area contributed by atoms with Gasteiger partial charge in [0.25, 0.3) is 5.91 Å². The first-order valence-corrected chi connectivity index (χ1v) is 6.44. The van der Waals surface area contributed by atoms with Crippen molar-refractivity contribution in [1.29, 1.82) is 0 Å². The Labute approximate surface area is 103 Å². The fourth-order valence-electron chi connectivity index (χ4n) is 1.59. The van der Waals surface area contributed by atoms with Crippen LogP contribution in [0.3, 0.4) is 0 Å². The van der Waals surface area contributed by atoms with Crippen LogP contribution in [0.2, 0.25) is 0 Å². The molecule has 1 aliphatic rings. The van der Waals surface area contributed by atoms with Crippen LogP contribution >= 0.6 is 11.3 Å². The molecule has 0 aliphatic heterocycles. The number of aromatic nitrogens is 1. The normalized spacial score (nSPS) is 14.9. The van der Waals surface area contributed by atoms with Crippen molar-refractivity contribution in [2.75, 3.05) is 0 Å². The Hall–Kier alpha value is -1.62. The lowest BCUT2D eigenvalue weighted by atomic mass is 10.3. The van der Waals surface area contributed by atoms with E-state index in [4.69, 9.17) is 4.42 Å². The van der Waals surface area contributed by atoms with Gasteiger partial charge in [0, 0.05) is 6.04 Å². The van der Waals surface area contributed by atoms with E-state index in [0.717, 1.165) is 17.7 Å². The van der Waals surface area contributed by atoms with Crippen LogP contribution < -0.4 is 5.32 Å². The summed E-state index contributed by atoms with van der Waals surface area (Å²) in [6.07, 6.45) is 2.14. The second-order valence-electron chi connectivity index (χ2n) is 4.15. The maximum atomic E-state index is 11.9. The number of nitrogens with zero attached hydrogens (tertiary/aromatic N) is 1. The van der Waals surface area contributed by atoms with Gasteiger partial charge in [0.2, 0.25) is 5.89 Å². The molecule has 2 aromatic heterocycles. The average molecular weight is 248 g/mol. The highest BCUT2D eigenvalue weighted by Crippen LogP contribution is 2.26. The van der Waals surface area contributed by atoms with Gasteiger partial charge in [-0.25, -0.2) is 4.98 Å². The van der Waals surface area contributed by atoms with Crippen LogP contribution in [0, 0.1) is 6.92 Å². The van der Waals surface area contributed by atoms with Crippen LogP contribution in [-0.4, -0.2) is 16.9 Å². The summed E-state index contributed by atoms with van der Waals surface area (Å²) in [6, 6.07) is 4.20. The van der Waals surface area contributed by atoms with Crippen molar-refractivity contribution >= 4 is 17.2 Å². The molecule has 0 spiro atoms. The topological polar surface area (TPSA) is 55.1 Å². The van der Waals surface area contributed by atoms with E-state index in [0.29, 0.717) is 23.4 Å². The fraction of sp³-hybridized carbons (Fsp3) is 0.333. The van der Waals surface area contributed by atoms with Crippen molar-refractivity contribution in [3.8, 4) is 10.8 Å². The molecular weight excluding hydrogens is 236 g/mol. The van der Waals surface area contributed by atoms with E-state index < -0.39 is 0 Å². The van der Waals surface area contributed by atoms with Crippen LogP contribution in [0.1, 0.15) is 29.1 Å². The Kier molecular flexibility index (Phi) is 2.48. The van der Waals surface area contributed by atoms with Gasteiger partial charge in [0.15, 0.2) is 5.69 Å². The predicted molar refractivity (Wildman–Crippen MR) is 65.0 cm³/mol. The van der Waals surface area contributed by atoms with Gasteiger partial charge in [0.05, 0.1) is 4.88 Å². The number of oxazole rings is 1. The van der Waals surface area contributed by atoms with Gasteiger partial charge < -0.3 is 9.73 Å². The fourth-order valence-corrected chi connectivity index (χ4v) is 2.24. The minimum absolute atomic E-state index is 0.128. The second-order valence-corrected chi connectivity index (χ2v) is 5.10. The minimum atomic E-state index is -0.128. The molecule has 1 saturated carbocycles. The van der Waals surface area contributed by atoms with E-state index in [1.165, 1.54) is 0 Å². The summed E-state index contributed by atoms with van der Waals surface area (Å²) in [6.45, 7) is 1.77. The van der Waals surface area contributed by atoms with Gasteiger partial charge in [-0.1, -0.05) is 6.07 Å². The largest absolute Gasteiger partial charge is 0.440 e. The van der Waals surface area contributed by atoms with E-state index in [9.17, 15) is 4.79 Å². The van der Waals surface area contributed by atoms with Crippen molar-refractivity contribution in [1.82, 2.24) is 10.3 Å². The molecule has 0 atom stereocenters. The minimum Gasteiger partial charge on any atom is -0.440 e. The highest BCUT2D eigenvalue weighted by atomic mass is 32.1. The van der Waals surface area contributed by atoms with Crippen molar-refractivity contribution in [2.24, 2.45) is 0 Å². The monoisotopic (exact) mass is 248 g/mol. The summed E-state index contributed by atoms with van der Waals surface area (Å²) in [5.41, 5.74) is 0.403. The smallest absolute Gasteiger partial charge is 0.273 e. The van der Waals surface area contributed by atoms with Crippen LogP contribution in [-0.2, 0) is 0 Å². The van der Waals surface area contributed by atoms with Gasteiger partial charge in [-0.15, -0.1) is 11.3 Å². The first-order chi connectivity index (χ1) is 8.24. The van der Waals surface area contributed by atoms with E-state index in [1.807, 2.05) is 17.5 Å². The van der Waals surface area contributed by atoms with Gasteiger partial charge in [-0.3, -0.25) is 4.79 Å². The summed E-state index contributed by atoms with van der Waals surface area (Å²) >= 11 is 1.55. The lowest BCUT2D eigenvalue weighted by Gasteiger charge is -1.98. The SMILES string of the molecule is Cc1oc(-c2cccs2)nc1C(=O)NC1CC1. The Morgan fingerprint density at radius 3 is 3.06 bits per heavy atom. The van der Waals surface area contributed by atoms with Crippen LogP contribution in [0.4, 0.5) is 0 Å². The third-order valence-corrected chi connectivity index (χ3v) is 3.51. The van der Waals surface area contributed by atoms with E-state index in [2.05, 4.69) is 10.3 Å². The molecule has 1 aliphatic carbocycles. The molecule has 88 valence electrons. The zero-order valence-electron chi connectivity index (χ0n) is 9.40. The van der Waals surface area contributed by atoms with E-state index in [1.54, 1.807) is 18.3 Å². The molecule has 2 heterocycles. The molecule has 0 saturated heterocycles. The molecule has 1 N–H and O–H groups in total. The molecule has 0 aromatic carbocycles. The maximum Gasteiger partial charge on any atom is 0.273 e. The molecule has 3 rings (SSSR count). The zero-order valence-corrected chi connectivity index (χ0v) is 10.2. The number of thiophene rings is 1. The number of hydrogen-bond acceptors (Lipinski definition) is 4. The lowest BCUT2D eigenvalue weighted by molar-refractivity contribution is 0.0945. The third kappa shape index (κ3) is 2.10. The molecule has 1 amide bonds. The molecule has 5 heteroatoms. The molecular formula is C12H12N2O2S. The molecule has 0 unspecified atom stereocenters. The number of carbonyl (C=O) groups is 1. The Morgan fingerprint density at radius 2 is 2.41 bits per heavy atom. The first kappa shape index (κ1) is 10.5. The van der Waals surface area contributed by atoms with Crippen molar-refractivity contribution in [3.05, 3.63) is 29.0 Å². The number of hydrogen-bond donors (Lipinski definition) is 1. The molecule has 1 fully saturated rings. The maximum absolute atomic E-state index is 11.9. The van der Waals surface area contributed by atoms with Gasteiger partial charge in [0.1, 0.15) is 5.76 Å². The summed E-state index contributed by atoms with van der Waals surface area (Å²) in [4.78, 5) is 17.1. The van der Waals surface area contributed by atoms with Gasteiger partial charge in [-0.05, 0) is 31.2 Å². The number of amides is 1. The molecule has 0 radical (unpaired) electrons. The second kappa shape index (κ2) is 4.00. The Balaban J connectivity index is 1.87. The van der Waals surface area contributed by atoms with Crippen molar-refractivity contribution in [2.45, 2.75) is 25.8 Å². The average Bonchev–Trinajstić information content (AvgIpc) is 2.83. The zero-order chi connectivity index (χ0) is 11.8. The quantitative estimate of drug-likeness (QED) is 0.908. The highest BCUT2D eigenvalue weighted by Gasteiger charge is 2.26. The summed E-state index contributed by atoms with van der Waals surface area (Å²) < 4.78 is 5.52. The van der Waals surface area contributed by atoms with Crippen LogP contribution in [0.15, 0.2) is 21.9 Å². The van der Waals surface area contributed by atoms with Crippen LogP contribution in [0.5, 0.6) is 0 Å². The van der Waals surface area contributed by atoms with Crippen molar-refractivity contribution in [3.63, 3.8) is 0 Å². The van der Waals surface area contributed by atoms with E-state index >= 15 is 0 Å². The first-order valence-electron chi connectivity index (χ1n) is 5.56. The lowest BCUT2D eigenvalue weighted by Crippen LogP contribution is -2.26. The summed E-state index contributed by atoms with van der Waals surface area (Å²) in [7, 11) is 0. The molecule has 4 nitrogen and oxygen atoms in total. The molecule has 17 heavy (non-hydrogen) atoms. The number of nitrogens with one attached hydrogen (secondary N) is 1.